The Morgan fingerprint density at radius 3 is 2.62 bits per heavy atom. The molecule has 0 radical (unpaired) electrons. The molecule has 3 aromatic heterocycles. The molecule has 5 rings (SSSR count). The second-order valence-corrected chi connectivity index (χ2v) is 10.2. The topological polar surface area (TPSA) is 158 Å². The molecule has 172 valence electrons. The number of aryl methyl sites for hydroxylation is 1. The van der Waals surface area contributed by atoms with Gasteiger partial charge in [0.25, 0.3) is 5.56 Å². The van der Waals surface area contributed by atoms with Gasteiger partial charge in [-0.15, -0.1) is 0 Å². The first-order chi connectivity index (χ1) is 16.2. The maximum Gasteiger partial charge on any atom is 0.277 e. The monoisotopic (exact) mass is 476 g/mol. The van der Waals surface area contributed by atoms with Gasteiger partial charge in [0, 0.05) is 19.4 Å². The Bertz CT molecular complexity index is 1650. The number of hydrogen-bond acceptors (Lipinski definition) is 9. The summed E-state index contributed by atoms with van der Waals surface area (Å²) in [5.74, 6) is 0.998. The van der Waals surface area contributed by atoms with Crippen LogP contribution in [0, 0.1) is 11.3 Å². The molecule has 0 aliphatic heterocycles. The number of pyridine rings is 1. The molecule has 0 amide bonds. The summed E-state index contributed by atoms with van der Waals surface area (Å²) in [6.45, 7) is 0. The summed E-state index contributed by atoms with van der Waals surface area (Å²) in [7, 11) is -1.98. The van der Waals surface area contributed by atoms with Crippen molar-refractivity contribution in [3.05, 3.63) is 58.3 Å². The summed E-state index contributed by atoms with van der Waals surface area (Å²) < 4.78 is 26.4. The first kappa shape index (κ1) is 21.6. The van der Waals surface area contributed by atoms with E-state index in [0.29, 0.717) is 34.6 Å². The molecule has 12 heteroatoms. The van der Waals surface area contributed by atoms with Crippen LogP contribution < -0.4 is 16.2 Å². The van der Waals surface area contributed by atoms with Crippen LogP contribution in [0.3, 0.4) is 0 Å². The number of nitrogens with zero attached hydrogens (tertiary/aromatic N) is 5. The van der Waals surface area contributed by atoms with Gasteiger partial charge in [-0.2, -0.15) is 5.26 Å². The summed E-state index contributed by atoms with van der Waals surface area (Å²) in [4.78, 5) is 25.5. The van der Waals surface area contributed by atoms with Gasteiger partial charge >= 0.3 is 0 Å². The van der Waals surface area contributed by atoms with E-state index in [1.807, 2.05) is 12.1 Å². The van der Waals surface area contributed by atoms with Crippen molar-refractivity contribution in [1.29, 1.82) is 5.26 Å². The number of H-pyrrole nitrogens is 1. The normalized spacial score (nSPS) is 13.6. The van der Waals surface area contributed by atoms with E-state index in [0.717, 1.165) is 24.7 Å². The first-order valence-corrected chi connectivity index (χ1v) is 12.3. The van der Waals surface area contributed by atoms with Gasteiger partial charge in [-0.25, -0.2) is 18.4 Å². The van der Waals surface area contributed by atoms with Crippen LogP contribution in [0.15, 0.2) is 46.3 Å². The lowest BCUT2D eigenvalue weighted by Crippen LogP contribution is -2.12. The van der Waals surface area contributed by atoms with E-state index in [-0.39, 0.29) is 21.5 Å². The molecule has 1 aliphatic carbocycles. The third-order valence-electron chi connectivity index (χ3n) is 5.54. The maximum atomic E-state index is 12.8. The fraction of sp³-hybridized carbons (Fsp3) is 0.227. The van der Waals surface area contributed by atoms with Crippen molar-refractivity contribution >= 4 is 43.9 Å². The Kier molecular flexibility index (Phi) is 5.06. The van der Waals surface area contributed by atoms with Crippen LogP contribution in [0.1, 0.15) is 30.0 Å². The molecule has 4 aromatic rings. The van der Waals surface area contributed by atoms with Crippen molar-refractivity contribution < 1.29 is 8.42 Å². The molecule has 0 unspecified atom stereocenters. The van der Waals surface area contributed by atoms with Crippen LogP contribution in [0.25, 0.3) is 11.0 Å². The highest BCUT2D eigenvalue weighted by Gasteiger charge is 2.26. The Morgan fingerprint density at radius 1 is 1.12 bits per heavy atom. The molecule has 1 saturated carbocycles. The molecular formula is C22H20N8O3S. The first-order valence-electron chi connectivity index (χ1n) is 10.4. The van der Waals surface area contributed by atoms with Crippen LogP contribution in [-0.2, 0) is 16.9 Å². The minimum absolute atomic E-state index is 0.131. The average molecular weight is 477 g/mol. The van der Waals surface area contributed by atoms with Gasteiger partial charge in [-0.3, -0.25) is 19.6 Å². The highest BCUT2D eigenvalue weighted by atomic mass is 32.2. The zero-order chi connectivity index (χ0) is 24.0. The molecule has 1 aliphatic rings. The van der Waals surface area contributed by atoms with Crippen molar-refractivity contribution in [2.24, 2.45) is 7.05 Å². The zero-order valence-electron chi connectivity index (χ0n) is 18.3. The molecule has 11 nitrogen and oxygen atoms in total. The van der Waals surface area contributed by atoms with Crippen LogP contribution in [0.5, 0.6) is 0 Å². The predicted molar refractivity (Wildman–Crippen MR) is 126 cm³/mol. The van der Waals surface area contributed by atoms with Crippen molar-refractivity contribution in [3.63, 3.8) is 0 Å². The highest BCUT2D eigenvalue weighted by molar-refractivity contribution is 7.90. The molecule has 34 heavy (non-hydrogen) atoms. The summed E-state index contributed by atoms with van der Waals surface area (Å²) in [5.41, 5.74) is 1.81. The SMILES string of the molecule is Cn1[nH]c2nc(Nc3cncc(C#N)n3)cc(Nc3ccc(C4CC4)cc3S(C)(=O)=O)c2c1=O. The number of nitriles is 1. The van der Waals surface area contributed by atoms with Gasteiger partial charge in [-0.05, 0) is 36.5 Å². The maximum absolute atomic E-state index is 12.8. The summed E-state index contributed by atoms with van der Waals surface area (Å²) in [6, 6.07) is 8.83. The third-order valence-corrected chi connectivity index (χ3v) is 6.68. The fourth-order valence-electron chi connectivity index (χ4n) is 3.76. The van der Waals surface area contributed by atoms with Crippen molar-refractivity contribution in [1.82, 2.24) is 24.7 Å². The number of sulfone groups is 1. The molecule has 1 aromatic carbocycles. The summed E-state index contributed by atoms with van der Waals surface area (Å²) in [6.07, 6.45) is 6.03. The number of hydrogen-bond donors (Lipinski definition) is 3. The van der Waals surface area contributed by atoms with E-state index >= 15 is 0 Å². The third kappa shape index (κ3) is 4.08. The van der Waals surface area contributed by atoms with Gasteiger partial charge in [0.2, 0.25) is 0 Å². The zero-order valence-corrected chi connectivity index (χ0v) is 19.1. The molecule has 3 heterocycles. The van der Waals surface area contributed by atoms with E-state index in [1.54, 1.807) is 25.2 Å². The molecule has 0 bridgehead atoms. The highest BCUT2D eigenvalue weighted by Crippen LogP contribution is 2.42. The minimum atomic E-state index is -3.54. The van der Waals surface area contributed by atoms with Gasteiger partial charge in [0.05, 0.1) is 28.7 Å². The second kappa shape index (κ2) is 7.96. The van der Waals surface area contributed by atoms with E-state index in [2.05, 4.69) is 30.7 Å². The van der Waals surface area contributed by atoms with Gasteiger partial charge in [0.15, 0.2) is 27.0 Å². The minimum Gasteiger partial charge on any atom is -0.354 e. The van der Waals surface area contributed by atoms with Crippen molar-refractivity contribution in [2.75, 3.05) is 16.9 Å². The number of rotatable bonds is 6. The predicted octanol–water partition coefficient (Wildman–Crippen LogP) is 2.69. The summed E-state index contributed by atoms with van der Waals surface area (Å²) >= 11 is 0. The van der Waals surface area contributed by atoms with Gasteiger partial charge in [0.1, 0.15) is 17.3 Å². The molecule has 0 saturated heterocycles. The van der Waals surface area contributed by atoms with Crippen LogP contribution in [0.2, 0.25) is 0 Å². The molecule has 0 spiro atoms. The molecule has 3 N–H and O–H groups in total. The molecular weight excluding hydrogens is 456 g/mol. The quantitative estimate of drug-likeness (QED) is 0.380. The smallest absolute Gasteiger partial charge is 0.277 e. The lowest BCUT2D eigenvalue weighted by atomic mass is 10.1. The Balaban J connectivity index is 1.61. The number of anilines is 4. The fourth-order valence-corrected chi connectivity index (χ4v) is 4.63. The number of fused-ring (bicyclic) bond motifs is 1. The van der Waals surface area contributed by atoms with Crippen molar-refractivity contribution in [3.8, 4) is 6.07 Å². The molecule has 1 fully saturated rings. The Labute approximate surface area is 194 Å². The second-order valence-electron chi connectivity index (χ2n) is 8.21. The van der Waals surface area contributed by atoms with Gasteiger partial charge in [-0.1, -0.05) is 6.07 Å². The van der Waals surface area contributed by atoms with E-state index < -0.39 is 9.84 Å². The van der Waals surface area contributed by atoms with Crippen molar-refractivity contribution in [2.45, 2.75) is 23.7 Å². The number of nitrogens with one attached hydrogen (secondary N) is 3. The van der Waals surface area contributed by atoms with E-state index in [9.17, 15) is 13.2 Å². The summed E-state index contributed by atoms with van der Waals surface area (Å²) in [5, 5.41) is 18.3. The number of benzene rings is 1. The van der Waals surface area contributed by atoms with Crippen LogP contribution >= 0.6 is 0 Å². The van der Waals surface area contributed by atoms with E-state index in [4.69, 9.17) is 5.26 Å². The Hall–Kier alpha value is -4.24. The van der Waals surface area contributed by atoms with E-state index in [1.165, 1.54) is 17.1 Å². The standard InChI is InChI=1S/C22H20N8O3S/c1-30-22(31)20-16(26-15-6-5-13(12-3-4-12)7-17(15)34(2,32)33)8-18(28-21(20)29-30)27-19-11-24-10-14(9-23)25-19/h5-8,10-12H,3-4H2,1-2H3,(H3,25,26,27,28,29). The van der Waals surface area contributed by atoms with Crippen LogP contribution in [-0.4, -0.2) is 39.4 Å². The lowest BCUT2D eigenvalue weighted by molar-refractivity contribution is 0.602. The Morgan fingerprint density at radius 2 is 1.91 bits per heavy atom. The number of aromatic nitrogens is 5. The van der Waals surface area contributed by atoms with Crippen LogP contribution in [0.4, 0.5) is 23.0 Å². The molecule has 0 atom stereocenters. The lowest BCUT2D eigenvalue weighted by Gasteiger charge is -2.14. The van der Waals surface area contributed by atoms with Gasteiger partial charge < -0.3 is 10.6 Å². The average Bonchev–Trinajstić information content (AvgIpc) is 3.59. The number of aromatic amines is 1. The largest absolute Gasteiger partial charge is 0.354 e.